The summed E-state index contributed by atoms with van der Waals surface area (Å²) in [4.78, 5) is 28.9. The minimum absolute atomic E-state index is 0.339. The summed E-state index contributed by atoms with van der Waals surface area (Å²) in [7, 11) is 0. The second-order valence-corrected chi connectivity index (χ2v) is 5.74. The zero-order valence-corrected chi connectivity index (χ0v) is 14.3. The molecule has 27 heavy (non-hydrogen) atoms. The molecule has 0 saturated carbocycles. The minimum atomic E-state index is -0.573. The molecule has 4 rings (SSSR count). The summed E-state index contributed by atoms with van der Waals surface area (Å²) in [6, 6.07) is 10.2. The van der Waals surface area contributed by atoms with E-state index < -0.39 is 5.91 Å². The van der Waals surface area contributed by atoms with E-state index in [-0.39, 0.29) is 0 Å². The summed E-state index contributed by atoms with van der Waals surface area (Å²) in [5.74, 6) is 0.442. The van der Waals surface area contributed by atoms with Crippen LogP contribution in [0.4, 0.5) is 11.6 Å². The predicted octanol–water partition coefficient (Wildman–Crippen LogP) is 2.36. The summed E-state index contributed by atoms with van der Waals surface area (Å²) >= 11 is 0. The van der Waals surface area contributed by atoms with E-state index >= 15 is 0 Å². The second-order valence-electron chi connectivity index (χ2n) is 5.74. The smallest absolute Gasteiger partial charge is 0.274 e. The Morgan fingerprint density at radius 1 is 1.07 bits per heavy atom. The maximum absolute atomic E-state index is 11.4. The van der Waals surface area contributed by atoms with E-state index in [2.05, 4.69) is 25.3 Å². The Bertz CT molecular complexity index is 1120. The van der Waals surface area contributed by atoms with Gasteiger partial charge in [-0.15, -0.1) is 0 Å². The van der Waals surface area contributed by atoms with Gasteiger partial charge >= 0.3 is 0 Å². The molecular weight excluding hydrogens is 346 g/mol. The van der Waals surface area contributed by atoms with Crippen LogP contribution in [0, 0.1) is 6.92 Å². The van der Waals surface area contributed by atoms with Crippen molar-refractivity contribution in [2.75, 3.05) is 5.32 Å². The van der Waals surface area contributed by atoms with Crippen molar-refractivity contribution in [1.82, 2.24) is 29.8 Å². The lowest BCUT2D eigenvalue weighted by Gasteiger charge is -2.08. The number of rotatable bonds is 4. The van der Waals surface area contributed by atoms with Gasteiger partial charge in [-0.3, -0.25) is 14.4 Å². The van der Waals surface area contributed by atoms with Gasteiger partial charge in [0, 0.05) is 29.8 Å². The van der Waals surface area contributed by atoms with Gasteiger partial charge in [0.25, 0.3) is 5.91 Å². The normalized spacial score (nSPS) is 10.7. The summed E-state index contributed by atoms with van der Waals surface area (Å²) in [6.07, 6.45) is 5.24. The van der Waals surface area contributed by atoms with Crippen molar-refractivity contribution in [2.24, 2.45) is 0 Å². The van der Waals surface area contributed by atoms with Crippen LogP contribution in [0.2, 0.25) is 0 Å². The summed E-state index contributed by atoms with van der Waals surface area (Å²) in [5.41, 5.74) is 5.02. The van der Waals surface area contributed by atoms with Gasteiger partial charge < -0.3 is 5.32 Å². The van der Waals surface area contributed by atoms with Crippen molar-refractivity contribution in [3.63, 3.8) is 0 Å². The number of nitrogens with zero attached hydrogens (tertiary/aromatic N) is 5. The van der Waals surface area contributed by atoms with Gasteiger partial charge in [-0.1, -0.05) is 0 Å². The van der Waals surface area contributed by atoms with Crippen LogP contribution < -0.4 is 10.8 Å². The molecule has 0 radical (unpaired) electrons. The Hall–Kier alpha value is -3.85. The van der Waals surface area contributed by atoms with Gasteiger partial charge in [-0.05, 0) is 43.3 Å². The molecule has 3 aromatic heterocycles. The Morgan fingerprint density at radius 2 is 1.89 bits per heavy atom. The molecule has 134 valence electrons. The van der Waals surface area contributed by atoms with Crippen LogP contribution in [0.3, 0.4) is 0 Å². The third-order valence-electron chi connectivity index (χ3n) is 3.98. The standard InChI is InChI=1S/C18H15N7O2/c1-11-15(25-10-2-8-20-18(25)21-11)14-7-9-19-17(23-14)22-13-5-3-12(4-6-13)16(26)24-27/h2-10,27H,1H3,(H,24,26)(H,19,22,23). The third kappa shape index (κ3) is 3.18. The zero-order chi connectivity index (χ0) is 18.8. The number of anilines is 2. The summed E-state index contributed by atoms with van der Waals surface area (Å²) < 4.78 is 1.88. The highest BCUT2D eigenvalue weighted by Gasteiger charge is 2.13. The van der Waals surface area contributed by atoms with Crippen molar-refractivity contribution in [3.05, 3.63) is 66.2 Å². The zero-order valence-electron chi connectivity index (χ0n) is 14.3. The molecule has 0 bridgehead atoms. The molecule has 1 amide bonds. The van der Waals surface area contributed by atoms with Crippen molar-refractivity contribution in [3.8, 4) is 11.4 Å². The molecule has 0 aliphatic rings. The number of aryl methyl sites for hydroxylation is 1. The number of amides is 1. The van der Waals surface area contributed by atoms with Crippen LogP contribution in [0.5, 0.6) is 0 Å². The molecule has 3 heterocycles. The molecule has 0 atom stereocenters. The molecule has 0 fully saturated rings. The van der Waals surface area contributed by atoms with Crippen LogP contribution in [0.15, 0.2) is 55.0 Å². The number of hydroxylamine groups is 1. The van der Waals surface area contributed by atoms with Gasteiger partial charge in [-0.25, -0.2) is 25.4 Å². The van der Waals surface area contributed by atoms with Crippen molar-refractivity contribution >= 4 is 23.3 Å². The molecule has 0 aliphatic carbocycles. The Labute approximate surface area is 153 Å². The lowest BCUT2D eigenvalue weighted by molar-refractivity contribution is 0.0706. The number of carbonyl (C=O) groups is 1. The average Bonchev–Trinajstić information content (AvgIpc) is 3.04. The summed E-state index contributed by atoms with van der Waals surface area (Å²) in [6.45, 7) is 1.91. The lowest BCUT2D eigenvalue weighted by atomic mass is 10.2. The van der Waals surface area contributed by atoms with Gasteiger partial charge in [0.1, 0.15) is 0 Å². The van der Waals surface area contributed by atoms with E-state index in [4.69, 9.17) is 5.21 Å². The number of nitrogens with one attached hydrogen (secondary N) is 2. The Kier molecular flexibility index (Phi) is 4.19. The maximum Gasteiger partial charge on any atom is 0.274 e. The van der Waals surface area contributed by atoms with Crippen LogP contribution in [-0.2, 0) is 0 Å². The number of hydrogen-bond donors (Lipinski definition) is 3. The quantitative estimate of drug-likeness (QED) is 0.377. The lowest BCUT2D eigenvalue weighted by Crippen LogP contribution is -2.18. The van der Waals surface area contributed by atoms with Gasteiger partial charge in [0.05, 0.1) is 17.1 Å². The van der Waals surface area contributed by atoms with Gasteiger partial charge in [-0.2, -0.15) is 0 Å². The number of imidazole rings is 1. The number of fused-ring (bicyclic) bond motifs is 1. The van der Waals surface area contributed by atoms with Crippen molar-refractivity contribution < 1.29 is 10.0 Å². The van der Waals surface area contributed by atoms with Crippen molar-refractivity contribution in [2.45, 2.75) is 6.92 Å². The summed E-state index contributed by atoms with van der Waals surface area (Å²) in [5, 5.41) is 11.8. The first-order chi connectivity index (χ1) is 13.2. The van der Waals surface area contributed by atoms with Gasteiger partial charge in [0.2, 0.25) is 11.7 Å². The van der Waals surface area contributed by atoms with E-state index in [0.717, 1.165) is 11.4 Å². The minimum Gasteiger partial charge on any atom is -0.324 e. The number of benzene rings is 1. The molecule has 0 aliphatic heterocycles. The highest BCUT2D eigenvalue weighted by Crippen LogP contribution is 2.23. The Balaban J connectivity index is 1.65. The van der Waals surface area contributed by atoms with Crippen LogP contribution in [-0.4, -0.2) is 35.5 Å². The van der Waals surface area contributed by atoms with Crippen LogP contribution in [0.25, 0.3) is 17.2 Å². The van der Waals surface area contributed by atoms with E-state index in [1.165, 1.54) is 0 Å². The van der Waals surface area contributed by atoms with E-state index in [1.54, 1.807) is 42.1 Å². The van der Waals surface area contributed by atoms with Crippen molar-refractivity contribution in [1.29, 1.82) is 0 Å². The first kappa shape index (κ1) is 16.6. The molecular formula is C18H15N7O2. The predicted molar refractivity (Wildman–Crippen MR) is 97.7 cm³/mol. The molecule has 0 unspecified atom stereocenters. The molecule has 0 saturated heterocycles. The second kappa shape index (κ2) is 6.81. The largest absolute Gasteiger partial charge is 0.324 e. The molecule has 1 aromatic carbocycles. The molecule has 9 nitrogen and oxygen atoms in total. The van der Waals surface area contributed by atoms with Crippen LogP contribution in [0.1, 0.15) is 16.1 Å². The maximum atomic E-state index is 11.4. The molecule has 9 heteroatoms. The highest BCUT2D eigenvalue weighted by atomic mass is 16.5. The third-order valence-corrected chi connectivity index (χ3v) is 3.98. The fourth-order valence-corrected chi connectivity index (χ4v) is 2.76. The molecule has 3 N–H and O–H groups in total. The molecule has 0 spiro atoms. The number of aromatic nitrogens is 5. The van der Waals surface area contributed by atoms with E-state index in [0.29, 0.717) is 28.7 Å². The van der Waals surface area contributed by atoms with Crippen LogP contribution >= 0.6 is 0 Å². The Morgan fingerprint density at radius 3 is 2.67 bits per heavy atom. The fourth-order valence-electron chi connectivity index (χ4n) is 2.76. The monoisotopic (exact) mass is 361 g/mol. The van der Waals surface area contributed by atoms with E-state index in [1.807, 2.05) is 29.7 Å². The number of carbonyl (C=O) groups excluding carboxylic acids is 1. The first-order valence-corrected chi connectivity index (χ1v) is 8.10. The SMILES string of the molecule is Cc1nc2ncccn2c1-c1ccnc(Nc2ccc(C(=O)NO)cc2)n1. The molecule has 4 aromatic rings. The highest BCUT2D eigenvalue weighted by molar-refractivity contribution is 5.93. The van der Waals surface area contributed by atoms with Gasteiger partial charge in [0.15, 0.2) is 0 Å². The fraction of sp³-hybridized carbons (Fsp3) is 0.0556. The first-order valence-electron chi connectivity index (χ1n) is 8.10. The van der Waals surface area contributed by atoms with E-state index in [9.17, 15) is 4.79 Å². The average molecular weight is 361 g/mol. The number of hydrogen-bond acceptors (Lipinski definition) is 7. The topological polar surface area (TPSA) is 117 Å².